The zero-order chi connectivity index (χ0) is 13.2. The standard InChI is InChI=1S/C12H11F2NO2/c1-4-12(2,3)15-10-8(13)5-7(11(16)17)6-9(10)14/h1,5-6,15H,2-3H3,(H,16,17). The van der Waals surface area contributed by atoms with Crippen LogP contribution in [0, 0.1) is 24.0 Å². The molecule has 2 N–H and O–H groups in total. The van der Waals surface area contributed by atoms with Crippen molar-refractivity contribution in [1.29, 1.82) is 0 Å². The van der Waals surface area contributed by atoms with Crippen LogP contribution in [0.15, 0.2) is 12.1 Å². The molecule has 0 atom stereocenters. The first kappa shape index (κ1) is 13.0. The van der Waals surface area contributed by atoms with Crippen LogP contribution in [0.5, 0.6) is 0 Å². The molecule has 17 heavy (non-hydrogen) atoms. The summed E-state index contributed by atoms with van der Waals surface area (Å²) in [6.07, 6.45) is 5.18. The summed E-state index contributed by atoms with van der Waals surface area (Å²) in [7, 11) is 0. The Morgan fingerprint density at radius 2 is 1.88 bits per heavy atom. The number of carbonyl (C=O) groups is 1. The van der Waals surface area contributed by atoms with Crippen molar-refractivity contribution in [2.45, 2.75) is 19.4 Å². The summed E-state index contributed by atoms with van der Waals surface area (Å²) in [5, 5.41) is 11.1. The smallest absolute Gasteiger partial charge is 0.335 e. The van der Waals surface area contributed by atoms with Crippen molar-refractivity contribution in [3.63, 3.8) is 0 Å². The number of carboxylic acid groups (broad SMARTS) is 1. The summed E-state index contributed by atoms with van der Waals surface area (Å²) in [4.78, 5) is 10.6. The molecule has 1 aromatic carbocycles. The minimum absolute atomic E-state index is 0.432. The molecule has 0 heterocycles. The number of anilines is 1. The van der Waals surface area contributed by atoms with Gasteiger partial charge < -0.3 is 10.4 Å². The van der Waals surface area contributed by atoms with Crippen molar-refractivity contribution < 1.29 is 18.7 Å². The molecular weight excluding hydrogens is 228 g/mol. The Hall–Kier alpha value is -2.09. The molecule has 0 fully saturated rings. The summed E-state index contributed by atoms with van der Waals surface area (Å²) < 4.78 is 27.0. The molecular formula is C12H11F2NO2. The fraction of sp³-hybridized carbons (Fsp3) is 0.250. The van der Waals surface area contributed by atoms with Crippen molar-refractivity contribution in [3.8, 4) is 12.3 Å². The number of hydrogen-bond acceptors (Lipinski definition) is 2. The Kier molecular flexibility index (Phi) is 3.37. The summed E-state index contributed by atoms with van der Waals surface area (Å²) in [6.45, 7) is 3.13. The number of aromatic carboxylic acids is 1. The zero-order valence-corrected chi connectivity index (χ0v) is 9.34. The van der Waals surface area contributed by atoms with Crippen LogP contribution in [0.25, 0.3) is 0 Å². The number of benzene rings is 1. The highest BCUT2D eigenvalue weighted by molar-refractivity contribution is 5.88. The molecule has 0 bridgehead atoms. The van der Waals surface area contributed by atoms with E-state index in [1.807, 2.05) is 0 Å². The second-order valence-corrected chi connectivity index (χ2v) is 4.01. The molecule has 0 radical (unpaired) electrons. The first-order valence-corrected chi connectivity index (χ1v) is 4.75. The average molecular weight is 239 g/mol. The quantitative estimate of drug-likeness (QED) is 0.797. The predicted molar refractivity (Wildman–Crippen MR) is 59.9 cm³/mol. The molecule has 0 aliphatic heterocycles. The SMILES string of the molecule is C#CC(C)(C)Nc1c(F)cc(C(=O)O)cc1F. The lowest BCUT2D eigenvalue weighted by atomic mass is 10.1. The van der Waals surface area contributed by atoms with Crippen LogP contribution in [0.1, 0.15) is 24.2 Å². The largest absolute Gasteiger partial charge is 0.478 e. The Morgan fingerprint density at radius 3 is 2.24 bits per heavy atom. The van der Waals surface area contributed by atoms with Gasteiger partial charge in [-0.2, -0.15) is 0 Å². The molecule has 0 saturated carbocycles. The van der Waals surface area contributed by atoms with Crippen LogP contribution in [-0.2, 0) is 0 Å². The zero-order valence-electron chi connectivity index (χ0n) is 9.34. The summed E-state index contributed by atoms with van der Waals surface area (Å²) in [5.74, 6) is -1.07. The van der Waals surface area contributed by atoms with Crippen molar-refractivity contribution in [1.82, 2.24) is 0 Å². The van der Waals surface area contributed by atoms with Crippen LogP contribution in [0.2, 0.25) is 0 Å². The molecule has 3 nitrogen and oxygen atoms in total. The number of nitrogens with one attached hydrogen (secondary N) is 1. The molecule has 1 rings (SSSR count). The van der Waals surface area contributed by atoms with E-state index < -0.39 is 34.4 Å². The predicted octanol–water partition coefficient (Wildman–Crippen LogP) is 2.49. The lowest BCUT2D eigenvalue weighted by molar-refractivity contribution is 0.0696. The van der Waals surface area contributed by atoms with E-state index in [9.17, 15) is 13.6 Å². The van der Waals surface area contributed by atoms with Gasteiger partial charge in [-0.15, -0.1) is 6.42 Å². The number of hydrogen-bond donors (Lipinski definition) is 2. The molecule has 90 valence electrons. The van der Waals surface area contributed by atoms with E-state index in [1.54, 1.807) is 13.8 Å². The third-order valence-corrected chi connectivity index (χ3v) is 2.09. The normalized spacial score (nSPS) is 10.8. The highest BCUT2D eigenvalue weighted by atomic mass is 19.1. The van der Waals surface area contributed by atoms with Gasteiger partial charge in [0.2, 0.25) is 0 Å². The minimum atomic E-state index is -1.40. The fourth-order valence-electron chi connectivity index (χ4n) is 1.16. The van der Waals surface area contributed by atoms with Gasteiger partial charge in [-0.25, -0.2) is 13.6 Å². The van der Waals surface area contributed by atoms with Crippen LogP contribution in [-0.4, -0.2) is 16.6 Å². The maximum absolute atomic E-state index is 13.5. The molecule has 0 unspecified atom stereocenters. The van der Waals surface area contributed by atoms with Crippen LogP contribution in [0.3, 0.4) is 0 Å². The van der Waals surface area contributed by atoms with E-state index in [4.69, 9.17) is 11.5 Å². The lowest BCUT2D eigenvalue weighted by Gasteiger charge is -2.22. The van der Waals surface area contributed by atoms with Crippen molar-refractivity contribution in [2.75, 3.05) is 5.32 Å². The van der Waals surface area contributed by atoms with Crippen molar-refractivity contribution in [3.05, 3.63) is 29.3 Å². The van der Waals surface area contributed by atoms with E-state index >= 15 is 0 Å². The minimum Gasteiger partial charge on any atom is -0.478 e. The van der Waals surface area contributed by atoms with Gasteiger partial charge in [-0.1, -0.05) is 5.92 Å². The van der Waals surface area contributed by atoms with E-state index in [2.05, 4.69) is 11.2 Å². The van der Waals surface area contributed by atoms with Crippen LogP contribution >= 0.6 is 0 Å². The molecule has 0 aromatic heterocycles. The van der Waals surface area contributed by atoms with E-state index in [0.29, 0.717) is 0 Å². The molecule has 0 aliphatic rings. The Labute approximate surface area is 97.5 Å². The summed E-state index contributed by atoms with van der Waals surface area (Å²) in [5.41, 5.74) is -1.83. The van der Waals surface area contributed by atoms with Gasteiger partial charge in [0, 0.05) is 0 Å². The third-order valence-electron chi connectivity index (χ3n) is 2.09. The van der Waals surface area contributed by atoms with Crippen LogP contribution in [0.4, 0.5) is 14.5 Å². The Morgan fingerprint density at radius 1 is 1.41 bits per heavy atom. The van der Waals surface area contributed by atoms with Crippen LogP contribution < -0.4 is 5.32 Å². The third kappa shape index (κ3) is 2.94. The first-order valence-electron chi connectivity index (χ1n) is 4.75. The Bertz CT molecular complexity index is 481. The molecule has 0 amide bonds. The summed E-state index contributed by atoms with van der Waals surface area (Å²) in [6, 6.07) is 1.47. The van der Waals surface area contributed by atoms with Gasteiger partial charge in [-0.05, 0) is 26.0 Å². The van der Waals surface area contributed by atoms with Crippen molar-refractivity contribution in [2.24, 2.45) is 0 Å². The summed E-state index contributed by atoms with van der Waals surface area (Å²) >= 11 is 0. The molecule has 5 heteroatoms. The van der Waals surface area contributed by atoms with Gasteiger partial charge in [0.25, 0.3) is 0 Å². The second kappa shape index (κ2) is 4.42. The van der Waals surface area contributed by atoms with Gasteiger partial charge in [0.05, 0.1) is 11.1 Å². The number of halogens is 2. The van der Waals surface area contributed by atoms with Gasteiger partial charge >= 0.3 is 5.97 Å². The average Bonchev–Trinajstić information content (AvgIpc) is 2.23. The maximum atomic E-state index is 13.5. The number of rotatable bonds is 3. The van der Waals surface area contributed by atoms with Gasteiger partial charge in [0.15, 0.2) is 0 Å². The lowest BCUT2D eigenvalue weighted by Crippen LogP contribution is -2.29. The maximum Gasteiger partial charge on any atom is 0.335 e. The molecule has 0 saturated heterocycles. The van der Waals surface area contributed by atoms with Gasteiger partial charge in [-0.3, -0.25) is 0 Å². The number of carboxylic acids is 1. The van der Waals surface area contributed by atoms with E-state index in [0.717, 1.165) is 12.1 Å². The first-order chi connectivity index (χ1) is 7.76. The van der Waals surface area contributed by atoms with Gasteiger partial charge in [0.1, 0.15) is 17.3 Å². The Balaban J connectivity index is 3.20. The van der Waals surface area contributed by atoms with E-state index in [-0.39, 0.29) is 0 Å². The fourth-order valence-corrected chi connectivity index (χ4v) is 1.16. The topological polar surface area (TPSA) is 49.3 Å². The molecule has 1 aromatic rings. The molecule has 0 spiro atoms. The number of terminal acetylenes is 1. The van der Waals surface area contributed by atoms with E-state index in [1.165, 1.54) is 0 Å². The van der Waals surface area contributed by atoms with Crippen molar-refractivity contribution >= 4 is 11.7 Å². The highest BCUT2D eigenvalue weighted by Crippen LogP contribution is 2.24. The highest BCUT2D eigenvalue weighted by Gasteiger charge is 2.20. The monoisotopic (exact) mass is 239 g/mol. The molecule has 0 aliphatic carbocycles. The second-order valence-electron chi connectivity index (χ2n) is 4.01.